The van der Waals surface area contributed by atoms with Crippen LogP contribution in [0.15, 0.2) is 127 Å². The molecule has 0 amide bonds. The fourth-order valence-corrected chi connectivity index (χ4v) is 14.0. The van der Waals surface area contributed by atoms with Gasteiger partial charge in [-0.25, -0.2) is 0 Å². The Labute approximate surface area is 416 Å². The maximum Gasteiger partial charge on any atom is 0.197 e. The molecule has 1 radical (unpaired) electrons. The van der Waals surface area contributed by atoms with Crippen molar-refractivity contribution in [3.63, 3.8) is 0 Å². The summed E-state index contributed by atoms with van der Waals surface area (Å²) in [5.41, 5.74) is 23.0. The van der Waals surface area contributed by atoms with Crippen molar-refractivity contribution >= 4 is 78.2 Å². The van der Waals surface area contributed by atoms with Crippen LogP contribution in [0.1, 0.15) is 147 Å². The number of hydrogen-bond donors (Lipinski definition) is 1. The minimum absolute atomic E-state index is 0.0777. The molecule has 2 unspecified atom stereocenters. The van der Waals surface area contributed by atoms with Crippen LogP contribution in [-0.4, -0.2) is 7.28 Å². The van der Waals surface area contributed by atoms with Crippen molar-refractivity contribution in [1.29, 1.82) is 0 Å². The molecule has 0 saturated heterocycles. The Morgan fingerprint density at radius 1 is 0.580 bits per heavy atom. The Bertz CT molecular complexity index is 3370. The minimum atomic E-state index is 0.0777. The third-order valence-electron chi connectivity index (χ3n) is 17.5. The van der Waals surface area contributed by atoms with E-state index in [4.69, 9.17) is 0 Å². The average Bonchev–Trinajstić information content (AvgIpc) is 4.01. The highest BCUT2D eigenvalue weighted by atomic mass is 32.1. The molecule has 2 heterocycles. The zero-order valence-electron chi connectivity index (χ0n) is 42.7. The van der Waals surface area contributed by atoms with E-state index in [1.54, 1.807) is 0 Å². The summed E-state index contributed by atoms with van der Waals surface area (Å²) in [5, 5.41) is 6.80. The molecule has 347 valence electrons. The molecular formula is C65H68BN2S. The topological polar surface area (TPSA) is 15.3 Å². The Balaban J connectivity index is 1.12. The van der Waals surface area contributed by atoms with E-state index >= 15 is 0 Å². The molecule has 1 fully saturated rings. The van der Waals surface area contributed by atoms with Gasteiger partial charge in [-0.05, 0) is 177 Å². The lowest BCUT2D eigenvalue weighted by Crippen LogP contribution is -2.41. The lowest BCUT2D eigenvalue weighted by atomic mass is 9.57. The van der Waals surface area contributed by atoms with Gasteiger partial charge in [0.25, 0.3) is 0 Å². The zero-order valence-corrected chi connectivity index (χ0v) is 43.5. The largest absolute Gasteiger partial charge is 0.355 e. The standard InChI is InChI=1S/C65H68BN2S/c1-11-17-42-31-46(42)43-32-49(47-37-60-48(45-20-15-16-21-59(45)69-60)36-55(47)67-44-23-24-50-52(35-44)64(7,8)27-26-62(50,3)4)61-58(34-43)68(56-25-22-41(33-54(56)66-61)40-18-13-12-14-19-40)57-38-53-51(30-39(57)2)63(5,6)28-29-65(53,9)10/h12-16,18-25,30,32-38,42,46,67H,11,17,26-29,31H2,1-10H3. The van der Waals surface area contributed by atoms with E-state index < -0.39 is 0 Å². The van der Waals surface area contributed by atoms with Crippen molar-refractivity contribution in [2.24, 2.45) is 5.92 Å². The number of rotatable bonds is 8. The van der Waals surface area contributed by atoms with Gasteiger partial charge in [0.2, 0.25) is 0 Å². The molecule has 69 heavy (non-hydrogen) atoms. The maximum absolute atomic E-state index is 4.16. The smallest absolute Gasteiger partial charge is 0.197 e. The highest BCUT2D eigenvalue weighted by molar-refractivity contribution is 7.25. The first-order valence-electron chi connectivity index (χ1n) is 26.1. The van der Waals surface area contributed by atoms with Crippen LogP contribution in [0.25, 0.3) is 42.4 Å². The number of nitrogens with zero attached hydrogens (tertiary/aromatic N) is 1. The monoisotopic (exact) mass is 920 g/mol. The normalized spacial score (nSPS) is 20.1. The molecule has 2 atom stereocenters. The number of fused-ring (bicyclic) bond motifs is 7. The molecule has 7 aromatic carbocycles. The van der Waals surface area contributed by atoms with Crippen LogP contribution in [0.4, 0.5) is 28.4 Å². The molecule has 1 aliphatic heterocycles. The quantitative estimate of drug-likeness (QED) is 0.153. The summed E-state index contributed by atoms with van der Waals surface area (Å²) < 4.78 is 2.66. The van der Waals surface area contributed by atoms with Crippen molar-refractivity contribution in [1.82, 2.24) is 0 Å². The third kappa shape index (κ3) is 7.49. The number of thiophene rings is 1. The van der Waals surface area contributed by atoms with Gasteiger partial charge < -0.3 is 10.2 Å². The van der Waals surface area contributed by atoms with Gasteiger partial charge in [-0.15, -0.1) is 11.3 Å². The van der Waals surface area contributed by atoms with Crippen LogP contribution in [0.3, 0.4) is 0 Å². The first-order valence-corrected chi connectivity index (χ1v) is 26.9. The van der Waals surface area contributed by atoms with Gasteiger partial charge in [-0.2, -0.15) is 0 Å². The van der Waals surface area contributed by atoms with E-state index in [1.165, 1.54) is 149 Å². The Morgan fingerprint density at radius 2 is 1.26 bits per heavy atom. The molecule has 2 nitrogen and oxygen atoms in total. The number of anilines is 5. The maximum atomic E-state index is 4.16. The molecule has 1 saturated carbocycles. The fourth-order valence-electron chi connectivity index (χ4n) is 12.9. The Morgan fingerprint density at radius 3 is 2.00 bits per heavy atom. The van der Waals surface area contributed by atoms with Crippen LogP contribution in [0, 0.1) is 12.8 Å². The van der Waals surface area contributed by atoms with E-state index in [0.717, 1.165) is 17.3 Å². The SMILES string of the molecule is CCCC1CC1c1cc(-c2cc3sc4ccccc4c3cc2Nc2ccc3c(c2)C(C)(C)CCC3(C)C)c2c(c1)N(c1cc3c(cc1C)C(C)(C)CCC3(C)C)c1ccc(-c3ccccc3)cc1[B]2. The molecule has 12 rings (SSSR count). The molecule has 8 aromatic rings. The summed E-state index contributed by atoms with van der Waals surface area (Å²) in [6, 6.07) is 49.8. The number of hydrogen-bond acceptors (Lipinski definition) is 3. The second-order valence-electron chi connectivity index (χ2n) is 24.1. The summed E-state index contributed by atoms with van der Waals surface area (Å²) in [4.78, 5) is 2.68. The number of aryl methyl sites for hydroxylation is 1. The van der Waals surface area contributed by atoms with E-state index in [0.29, 0.717) is 5.92 Å². The van der Waals surface area contributed by atoms with Gasteiger partial charge in [0.05, 0.1) is 0 Å². The van der Waals surface area contributed by atoms with Crippen molar-refractivity contribution < 1.29 is 0 Å². The van der Waals surface area contributed by atoms with Crippen LogP contribution in [0.2, 0.25) is 0 Å². The summed E-state index contributed by atoms with van der Waals surface area (Å²) >= 11 is 1.92. The van der Waals surface area contributed by atoms with Crippen molar-refractivity contribution in [3.05, 3.63) is 161 Å². The number of benzene rings is 7. The van der Waals surface area contributed by atoms with Gasteiger partial charge in [-0.1, -0.05) is 159 Å². The first-order chi connectivity index (χ1) is 33.0. The van der Waals surface area contributed by atoms with Gasteiger partial charge in [0.15, 0.2) is 7.28 Å². The molecule has 1 aromatic heterocycles. The summed E-state index contributed by atoms with van der Waals surface area (Å²) in [7, 11) is 2.53. The van der Waals surface area contributed by atoms with Crippen molar-refractivity contribution in [3.8, 4) is 22.3 Å². The predicted octanol–water partition coefficient (Wildman–Crippen LogP) is 17.5. The third-order valence-corrected chi connectivity index (χ3v) is 18.6. The second-order valence-corrected chi connectivity index (χ2v) is 25.2. The van der Waals surface area contributed by atoms with Gasteiger partial charge in [-0.3, -0.25) is 0 Å². The molecule has 0 bridgehead atoms. The van der Waals surface area contributed by atoms with E-state index in [1.807, 2.05) is 11.3 Å². The molecular weight excluding hydrogens is 852 g/mol. The molecule has 3 aliphatic carbocycles. The lowest BCUT2D eigenvalue weighted by molar-refractivity contribution is 0.332. The van der Waals surface area contributed by atoms with Crippen LogP contribution >= 0.6 is 11.3 Å². The van der Waals surface area contributed by atoms with Crippen molar-refractivity contribution in [2.45, 2.75) is 142 Å². The number of nitrogens with one attached hydrogen (secondary N) is 1. The predicted molar refractivity (Wildman–Crippen MR) is 301 cm³/mol. The summed E-state index contributed by atoms with van der Waals surface area (Å²) in [6.07, 6.45) is 8.54. The molecule has 0 spiro atoms. The van der Waals surface area contributed by atoms with E-state index in [9.17, 15) is 0 Å². The second kappa shape index (κ2) is 16.0. The van der Waals surface area contributed by atoms with Crippen LogP contribution < -0.4 is 21.1 Å². The highest BCUT2D eigenvalue weighted by Crippen LogP contribution is 2.55. The van der Waals surface area contributed by atoms with Crippen LogP contribution in [-0.2, 0) is 21.7 Å². The van der Waals surface area contributed by atoms with E-state index in [2.05, 4.69) is 214 Å². The fraction of sp³-hybridized carbons (Fsp3) is 0.354. The Kier molecular flexibility index (Phi) is 10.3. The van der Waals surface area contributed by atoms with Crippen molar-refractivity contribution in [2.75, 3.05) is 10.2 Å². The van der Waals surface area contributed by atoms with Gasteiger partial charge in [0, 0.05) is 54.2 Å². The van der Waals surface area contributed by atoms with Gasteiger partial charge in [0.1, 0.15) is 0 Å². The minimum Gasteiger partial charge on any atom is -0.355 e. The highest BCUT2D eigenvalue weighted by Gasteiger charge is 2.42. The first kappa shape index (κ1) is 44.6. The molecule has 1 N–H and O–H groups in total. The summed E-state index contributed by atoms with van der Waals surface area (Å²) in [5.74, 6) is 1.28. The molecule has 4 aliphatic rings. The lowest BCUT2D eigenvalue weighted by Gasteiger charge is -2.44. The average molecular weight is 920 g/mol. The summed E-state index contributed by atoms with van der Waals surface area (Å²) in [6.45, 7) is 24.3. The van der Waals surface area contributed by atoms with E-state index in [-0.39, 0.29) is 21.7 Å². The van der Waals surface area contributed by atoms with Crippen LogP contribution in [0.5, 0.6) is 0 Å². The zero-order chi connectivity index (χ0) is 47.8. The molecule has 4 heteroatoms. The Hall–Kier alpha value is -5.58. The van der Waals surface area contributed by atoms with Gasteiger partial charge >= 0.3 is 0 Å².